The van der Waals surface area contributed by atoms with Gasteiger partial charge in [0, 0.05) is 48.4 Å². The molecule has 2 heterocycles. The Hall–Kier alpha value is -3.36. The number of nitrogens with one attached hydrogen (secondary N) is 1. The van der Waals surface area contributed by atoms with Crippen molar-refractivity contribution < 1.29 is 4.79 Å². The smallest absolute Gasteiger partial charge is 0.234 e. The van der Waals surface area contributed by atoms with Crippen LogP contribution in [-0.4, -0.2) is 45.5 Å². The molecule has 0 unspecified atom stereocenters. The van der Waals surface area contributed by atoms with Gasteiger partial charge in [-0.1, -0.05) is 29.4 Å². The maximum absolute atomic E-state index is 12.6. The number of amides is 1. The van der Waals surface area contributed by atoms with E-state index in [0.717, 1.165) is 28.2 Å². The number of rotatable bonds is 7. The van der Waals surface area contributed by atoms with E-state index in [-0.39, 0.29) is 11.7 Å². The van der Waals surface area contributed by atoms with E-state index >= 15 is 0 Å². The molecule has 0 aliphatic rings. The highest BCUT2D eigenvalue weighted by atomic mass is 35.5. The molecule has 2 aromatic heterocycles. The Morgan fingerprint density at radius 3 is 2.48 bits per heavy atom. The summed E-state index contributed by atoms with van der Waals surface area (Å²) in [6.07, 6.45) is 3.42. The minimum Gasteiger partial charge on any atom is -0.378 e. The fraction of sp³-hybridized carbons (Fsp3) is 0.167. The topological polar surface area (TPSA) is 75.9 Å². The normalized spacial score (nSPS) is 10.8. The molecule has 168 valence electrons. The molecule has 0 aliphatic heterocycles. The van der Waals surface area contributed by atoms with Crippen LogP contribution in [0.25, 0.3) is 17.1 Å². The standard InChI is InChI=1S/C24H23ClN6OS/c1-16-20(25)5-4-6-21(16)31-23(17-11-13-26-14-12-17)28-29-24(31)33-15-22(32)27-18-7-9-19(10-8-18)30(2)3/h4-14H,15H2,1-3H3,(H,27,32). The third-order valence-electron chi connectivity index (χ3n) is 5.05. The molecule has 1 amide bonds. The van der Waals surface area contributed by atoms with Crippen LogP contribution in [0.1, 0.15) is 5.56 Å². The zero-order valence-electron chi connectivity index (χ0n) is 18.5. The van der Waals surface area contributed by atoms with Gasteiger partial charge in [-0.2, -0.15) is 0 Å². The first-order valence-electron chi connectivity index (χ1n) is 10.3. The number of carbonyl (C=O) groups is 1. The Kier molecular flexibility index (Phi) is 6.96. The lowest BCUT2D eigenvalue weighted by molar-refractivity contribution is -0.113. The van der Waals surface area contributed by atoms with Crippen molar-refractivity contribution in [2.75, 3.05) is 30.1 Å². The summed E-state index contributed by atoms with van der Waals surface area (Å²) >= 11 is 7.71. The first kappa shape index (κ1) is 22.8. The predicted octanol–water partition coefficient (Wildman–Crippen LogP) is 5.09. The molecule has 0 aliphatic carbocycles. The first-order chi connectivity index (χ1) is 15.9. The van der Waals surface area contributed by atoms with Crippen LogP contribution in [0.5, 0.6) is 0 Å². The van der Waals surface area contributed by atoms with Gasteiger partial charge in [-0.15, -0.1) is 10.2 Å². The van der Waals surface area contributed by atoms with Crippen molar-refractivity contribution in [1.82, 2.24) is 19.7 Å². The van der Waals surface area contributed by atoms with Crippen LogP contribution in [0.4, 0.5) is 11.4 Å². The Morgan fingerprint density at radius 1 is 1.06 bits per heavy atom. The largest absolute Gasteiger partial charge is 0.378 e. The van der Waals surface area contributed by atoms with E-state index in [1.54, 1.807) is 12.4 Å². The van der Waals surface area contributed by atoms with Crippen LogP contribution in [0.3, 0.4) is 0 Å². The van der Waals surface area contributed by atoms with Crippen molar-refractivity contribution >= 4 is 40.6 Å². The second-order valence-corrected chi connectivity index (χ2v) is 8.89. The Labute approximate surface area is 201 Å². The fourth-order valence-corrected chi connectivity index (χ4v) is 4.19. The number of thioether (sulfide) groups is 1. The molecule has 33 heavy (non-hydrogen) atoms. The molecule has 0 saturated carbocycles. The van der Waals surface area contributed by atoms with Crippen molar-refractivity contribution in [2.45, 2.75) is 12.1 Å². The van der Waals surface area contributed by atoms with E-state index in [2.05, 4.69) is 20.5 Å². The lowest BCUT2D eigenvalue weighted by atomic mass is 10.2. The van der Waals surface area contributed by atoms with Crippen molar-refractivity contribution in [3.8, 4) is 17.1 Å². The second kappa shape index (κ2) is 10.1. The highest BCUT2D eigenvalue weighted by Crippen LogP contribution is 2.31. The third-order valence-corrected chi connectivity index (χ3v) is 6.39. The molecule has 4 rings (SSSR count). The van der Waals surface area contributed by atoms with Crippen LogP contribution in [0, 0.1) is 6.92 Å². The summed E-state index contributed by atoms with van der Waals surface area (Å²) in [5.74, 6) is 0.717. The van der Waals surface area contributed by atoms with E-state index in [1.807, 2.05) is 85.1 Å². The highest BCUT2D eigenvalue weighted by molar-refractivity contribution is 7.99. The minimum absolute atomic E-state index is 0.125. The van der Waals surface area contributed by atoms with E-state index in [9.17, 15) is 4.79 Å². The van der Waals surface area contributed by atoms with Gasteiger partial charge in [0.2, 0.25) is 5.91 Å². The average Bonchev–Trinajstić information content (AvgIpc) is 3.24. The zero-order valence-corrected chi connectivity index (χ0v) is 20.1. The van der Waals surface area contributed by atoms with Crippen LogP contribution in [0.15, 0.2) is 72.1 Å². The molecule has 4 aromatic rings. The number of nitrogens with zero attached hydrogens (tertiary/aromatic N) is 5. The molecular weight excluding hydrogens is 456 g/mol. The van der Waals surface area contributed by atoms with Gasteiger partial charge in [-0.25, -0.2) is 0 Å². The molecular formula is C24H23ClN6OS. The van der Waals surface area contributed by atoms with E-state index < -0.39 is 0 Å². The van der Waals surface area contributed by atoms with Gasteiger partial charge in [0.25, 0.3) is 0 Å². The number of pyridine rings is 1. The summed E-state index contributed by atoms with van der Waals surface area (Å²) < 4.78 is 1.93. The van der Waals surface area contributed by atoms with Gasteiger partial charge in [0.15, 0.2) is 11.0 Å². The average molecular weight is 479 g/mol. The highest BCUT2D eigenvalue weighted by Gasteiger charge is 2.19. The minimum atomic E-state index is -0.125. The summed E-state index contributed by atoms with van der Waals surface area (Å²) in [6, 6.07) is 17.1. The molecule has 7 nitrogen and oxygen atoms in total. The van der Waals surface area contributed by atoms with Gasteiger partial charge < -0.3 is 10.2 Å². The summed E-state index contributed by atoms with van der Waals surface area (Å²) in [5.41, 5.74) is 4.45. The summed E-state index contributed by atoms with van der Waals surface area (Å²) in [4.78, 5) is 18.7. The van der Waals surface area contributed by atoms with Crippen LogP contribution < -0.4 is 10.2 Å². The first-order valence-corrected chi connectivity index (χ1v) is 11.6. The van der Waals surface area contributed by atoms with Crippen molar-refractivity contribution in [3.05, 3.63) is 77.6 Å². The quantitative estimate of drug-likeness (QED) is 0.373. The SMILES string of the molecule is Cc1c(Cl)cccc1-n1c(SCC(=O)Nc2ccc(N(C)C)cc2)nnc1-c1ccncc1. The van der Waals surface area contributed by atoms with Gasteiger partial charge in [0.1, 0.15) is 0 Å². The third kappa shape index (κ3) is 5.18. The summed E-state index contributed by atoms with van der Waals surface area (Å²) in [5, 5.41) is 13.0. The summed E-state index contributed by atoms with van der Waals surface area (Å²) in [7, 11) is 3.95. The van der Waals surface area contributed by atoms with Crippen LogP contribution >= 0.6 is 23.4 Å². The lowest BCUT2D eigenvalue weighted by Crippen LogP contribution is -2.15. The Balaban J connectivity index is 1.58. The molecule has 2 aromatic carbocycles. The zero-order chi connectivity index (χ0) is 23.4. The number of halogens is 1. The van der Waals surface area contributed by atoms with Gasteiger partial charge in [0.05, 0.1) is 11.4 Å². The van der Waals surface area contributed by atoms with E-state index in [1.165, 1.54) is 11.8 Å². The van der Waals surface area contributed by atoms with Crippen molar-refractivity contribution in [2.24, 2.45) is 0 Å². The maximum atomic E-state index is 12.6. The van der Waals surface area contributed by atoms with E-state index in [0.29, 0.717) is 16.0 Å². The predicted molar refractivity (Wildman–Crippen MR) is 134 cm³/mol. The molecule has 0 atom stereocenters. The lowest BCUT2D eigenvalue weighted by Gasteiger charge is -2.14. The number of carbonyl (C=O) groups excluding carboxylic acids is 1. The fourth-order valence-electron chi connectivity index (χ4n) is 3.28. The molecule has 0 bridgehead atoms. The second-order valence-electron chi connectivity index (χ2n) is 7.54. The molecule has 0 saturated heterocycles. The number of benzene rings is 2. The van der Waals surface area contributed by atoms with Crippen molar-refractivity contribution in [3.63, 3.8) is 0 Å². The molecule has 1 N–H and O–H groups in total. The number of anilines is 2. The van der Waals surface area contributed by atoms with Crippen molar-refractivity contribution in [1.29, 1.82) is 0 Å². The molecule has 0 spiro atoms. The Morgan fingerprint density at radius 2 is 1.79 bits per heavy atom. The summed E-state index contributed by atoms with van der Waals surface area (Å²) in [6.45, 7) is 1.95. The molecule has 9 heteroatoms. The van der Waals surface area contributed by atoms with Gasteiger partial charge in [-0.3, -0.25) is 14.3 Å². The number of aromatic nitrogens is 4. The maximum Gasteiger partial charge on any atom is 0.234 e. The van der Waals surface area contributed by atoms with Crippen LogP contribution in [-0.2, 0) is 4.79 Å². The molecule has 0 radical (unpaired) electrons. The van der Waals surface area contributed by atoms with E-state index in [4.69, 9.17) is 11.6 Å². The Bertz CT molecular complexity index is 1260. The van der Waals surface area contributed by atoms with Gasteiger partial charge >= 0.3 is 0 Å². The number of hydrogen-bond acceptors (Lipinski definition) is 6. The van der Waals surface area contributed by atoms with Crippen LogP contribution in [0.2, 0.25) is 5.02 Å². The van der Waals surface area contributed by atoms with Gasteiger partial charge in [-0.05, 0) is 61.0 Å². The monoisotopic (exact) mass is 478 g/mol. The number of hydrogen-bond donors (Lipinski definition) is 1. The molecule has 0 fully saturated rings.